The minimum atomic E-state index is -0.268. The quantitative estimate of drug-likeness (QED) is 0.849. The zero-order valence-corrected chi connectivity index (χ0v) is 13.8. The Morgan fingerprint density at radius 1 is 0.958 bits per heavy atom. The second-order valence-corrected chi connectivity index (χ2v) is 5.50. The van der Waals surface area contributed by atoms with Crippen LogP contribution in [0.15, 0.2) is 48.5 Å². The summed E-state index contributed by atoms with van der Waals surface area (Å²) in [6, 6.07) is 15.1. The fourth-order valence-corrected chi connectivity index (χ4v) is 2.24. The Kier molecular flexibility index (Phi) is 6.16. The van der Waals surface area contributed by atoms with Crippen molar-refractivity contribution < 1.29 is 9.59 Å². The average Bonchev–Trinajstić information content (AvgIpc) is 2.56. The summed E-state index contributed by atoms with van der Waals surface area (Å²) in [6.45, 7) is 4.04. The molecule has 0 saturated heterocycles. The van der Waals surface area contributed by atoms with Crippen LogP contribution in [0.2, 0.25) is 0 Å². The molecule has 2 rings (SSSR count). The van der Waals surface area contributed by atoms with Crippen LogP contribution in [0, 0.1) is 25.7 Å². The number of benzene rings is 2. The van der Waals surface area contributed by atoms with E-state index in [9.17, 15) is 9.59 Å². The molecule has 0 saturated carbocycles. The first kappa shape index (κ1) is 17.3. The van der Waals surface area contributed by atoms with Crippen LogP contribution in [0.5, 0.6) is 0 Å². The van der Waals surface area contributed by atoms with Gasteiger partial charge in [-0.15, -0.1) is 0 Å². The fraction of sp³-hybridized carbons (Fsp3) is 0.200. The van der Waals surface area contributed by atoms with E-state index in [1.165, 1.54) is 0 Å². The molecule has 0 aliphatic rings. The molecule has 2 aromatic carbocycles. The van der Waals surface area contributed by atoms with Gasteiger partial charge in [0.2, 0.25) is 5.91 Å². The summed E-state index contributed by atoms with van der Waals surface area (Å²) in [5, 5.41) is 5.27. The summed E-state index contributed by atoms with van der Waals surface area (Å²) in [5.41, 5.74) is 3.49. The lowest BCUT2D eigenvalue weighted by Gasteiger charge is -2.07. The summed E-state index contributed by atoms with van der Waals surface area (Å²) < 4.78 is 0. The molecule has 122 valence electrons. The molecule has 0 fully saturated rings. The number of amides is 2. The SMILES string of the molecule is Cc1cc(C)cc(C(=O)NCC(=O)NCC#Cc2ccccc2)c1. The zero-order chi connectivity index (χ0) is 17.4. The van der Waals surface area contributed by atoms with E-state index in [-0.39, 0.29) is 24.9 Å². The molecule has 0 heterocycles. The predicted octanol–water partition coefficient (Wildman–Crippen LogP) is 2.20. The molecule has 4 nitrogen and oxygen atoms in total. The molecule has 2 amide bonds. The van der Waals surface area contributed by atoms with Crippen LogP contribution in [0.25, 0.3) is 0 Å². The molecule has 24 heavy (non-hydrogen) atoms. The average molecular weight is 320 g/mol. The molecule has 0 bridgehead atoms. The molecule has 0 spiro atoms. The van der Waals surface area contributed by atoms with Gasteiger partial charge in [-0.25, -0.2) is 0 Å². The van der Waals surface area contributed by atoms with Crippen molar-refractivity contribution >= 4 is 11.8 Å². The van der Waals surface area contributed by atoms with Crippen molar-refractivity contribution in [3.05, 3.63) is 70.8 Å². The smallest absolute Gasteiger partial charge is 0.251 e. The maximum absolute atomic E-state index is 12.0. The van der Waals surface area contributed by atoms with Crippen LogP contribution in [0.3, 0.4) is 0 Å². The lowest BCUT2D eigenvalue weighted by Crippen LogP contribution is -2.37. The van der Waals surface area contributed by atoms with Crippen molar-refractivity contribution in [2.45, 2.75) is 13.8 Å². The van der Waals surface area contributed by atoms with Crippen LogP contribution in [0.4, 0.5) is 0 Å². The summed E-state index contributed by atoms with van der Waals surface area (Å²) in [6.07, 6.45) is 0. The third-order valence-corrected chi connectivity index (χ3v) is 3.27. The highest BCUT2D eigenvalue weighted by Gasteiger charge is 2.08. The van der Waals surface area contributed by atoms with Gasteiger partial charge in [-0.3, -0.25) is 9.59 Å². The first-order valence-electron chi connectivity index (χ1n) is 7.72. The molecular formula is C20H20N2O2. The van der Waals surface area contributed by atoms with E-state index in [2.05, 4.69) is 22.5 Å². The maximum Gasteiger partial charge on any atom is 0.251 e. The van der Waals surface area contributed by atoms with Crippen molar-refractivity contribution in [2.24, 2.45) is 0 Å². The number of carbonyl (C=O) groups excluding carboxylic acids is 2. The van der Waals surface area contributed by atoms with Gasteiger partial charge in [0.1, 0.15) is 0 Å². The number of nitrogens with one attached hydrogen (secondary N) is 2. The van der Waals surface area contributed by atoms with Crippen LogP contribution in [-0.4, -0.2) is 24.9 Å². The van der Waals surface area contributed by atoms with E-state index < -0.39 is 0 Å². The first-order chi connectivity index (χ1) is 11.5. The molecule has 0 unspecified atom stereocenters. The second-order valence-electron chi connectivity index (χ2n) is 5.50. The van der Waals surface area contributed by atoms with Gasteiger partial charge in [-0.05, 0) is 38.1 Å². The van der Waals surface area contributed by atoms with E-state index in [1.807, 2.05) is 50.2 Å². The summed E-state index contributed by atoms with van der Waals surface area (Å²) >= 11 is 0. The molecule has 0 aromatic heterocycles. The fourth-order valence-electron chi connectivity index (χ4n) is 2.24. The van der Waals surface area contributed by atoms with Gasteiger partial charge in [0.05, 0.1) is 13.1 Å². The predicted molar refractivity (Wildman–Crippen MR) is 94.6 cm³/mol. The Balaban J connectivity index is 1.77. The van der Waals surface area contributed by atoms with Crippen molar-refractivity contribution in [3.63, 3.8) is 0 Å². The Labute approximate surface area is 142 Å². The standard InChI is InChI=1S/C20H20N2O2/c1-15-11-16(2)13-18(12-15)20(24)22-14-19(23)21-10-6-9-17-7-4-3-5-8-17/h3-5,7-8,11-13H,10,14H2,1-2H3,(H,21,23)(H,22,24). The highest BCUT2D eigenvalue weighted by molar-refractivity contribution is 5.96. The summed E-state index contributed by atoms with van der Waals surface area (Å²) in [5.74, 6) is 5.30. The van der Waals surface area contributed by atoms with E-state index in [0.717, 1.165) is 16.7 Å². The number of hydrogen-bond acceptors (Lipinski definition) is 2. The van der Waals surface area contributed by atoms with E-state index in [0.29, 0.717) is 5.56 Å². The van der Waals surface area contributed by atoms with Gasteiger partial charge in [0.15, 0.2) is 0 Å². The monoisotopic (exact) mass is 320 g/mol. The largest absolute Gasteiger partial charge is 0.344 e. The highest BCUT2D eigenvalue weighted by atomic mass is 16.2. The highest BCUT2D eigenvalue weighted by Crippen LogP contribution is 2.08. The molecule has 2 aromatic rings. The van der Waals surface area contributed by atoms with Crippen LogP contribution in [-0.2, 0) is 4.79 Å². The van der Waals surface area contributed by atoms with Crippen LogP contribution < -0.4 is 10.6 Å². The molecule has 0 radical (unpaired) electrons. The van der Waals surface area contributed by atoms with Gasteiger partial charge < -0.3 is 10.6 Å². The van der Waals surface area contributed by atoms with Gasteiger partial charge in [0, 0.05) is 11.1 Å². The molecule has 0 aliphatic heterocycles. The normalized spacial score (nSPS) is 9.58. The minimum Gasteiger partial charge on any atom is -0.344 e. The number of carbonyl (C=O) groups is 2. The topological polar surface area (TPSA) is 58.2 Å². The first-order valence-corrected chi connectivity index (χ1v) is 7.72. The lowest BCUT2D eigenvalue weighted by molar-refractivity contribution is -0.119. The minimum absolute atomic E-state index is 0.0706. The van der Waals surface area contributed by atoms with Crippen molar-refractivity contribution in [3.8, 4) is 11.8 Å². The Bertz CT molecular complexity index is 766. The third-order valence-electron chi connectivity index (χ3n) is 3.27. The molecule has 4 heteroatoms. The summed E-state index contributed by atoms with van der Waals surface area (Å²) in [7, 11) is 0. The molecular weight excluding hydrogens is 300 g/mol. The van der Waals surface area contributed by atoms with Gasteiger partial charge in [0.25, 0.3) is 5.91 Å². The van der Waals surface area contributed by atoms with Gasteiger partial charge in [-0.1, -0.05) is 47.2 Å². The number of rotatable bonds is 4. The Morgan fingerprint density at radius 3 is 2.29 bits per heavy atom. The van der Waals surface area contributed by atoms with E-state index in [1.54, 1.807) is 12.1 Å². The molecule has 2 N–H and O–H groups in total. The van der Waals surface area contributed by atoms with Crippen LogP contribution in [0.1, 0.15) is 27.0 Å². The Hall–Kier alpha value is -3.06. The zero-order valence-electron chi connectivity index (χ0n) is 13.8. The number of hydrogen-bond donors (Lipinski definition) is 2. The van der Waals surface area contributed by atoms with Crippen LogP contribution >= 0.6 is 0 Å². The van der Waals surface area contributed by atoms with Gasteiger partial charge in [-0.2, -0.15) is 0 Å². The summed E-state index contributed by atoms with van der Waals surface area (Å²) in [4.78, 5) is 23.8. The van der Waals surface area contributed by atoms with Crippen molar-refractivity contribution in [1.29, 1.82) is 0 Å². The second kappa shape index (κ2) is 8.54. The van der Waals surface area contributed by atoms with E-state index in [4.69, 9.17) is 0 Å². The maximum atomic E-state index is 12.0. The molecule has 0 atom stereocenters. The lowest BCUT2D eigenvalue weighted by atomic mass is 10.1. The van der Waals surface area contributed by atoms with Crippen molar-refractivity contribution in [2.75, 3.05) is 13.1 Å². The van der Waals surface area contributed by atoms with Crippen molar-refractivity contribution in [1.82, 2.24) is 10.6 Å². The third kappa shape index (κ3) is 5.62. The Morgan fingerprint density at radius 2 is 1.62 bits per heavy atom. The molecule has 0 aliphatic carbocycles. The van der Waals surface area contributed by atoms with E-state index >= 15 is 0 Å². The van der Waals surface area contributed by atoms with Gasteiger partial charge >= 0.3 is 0 Å². The number of aryl methyl sites for hydroxylation is 2.